The molecule has 1 aliphatic rings. The SMILES string of the molecule is CS(=O)(=O)CCS(=O)(=O)NC1CCC(=O)NC1=O. The van der Waals surface area contributed by atoms with E-state index in [9.17, 15) is 26.4 Å². The number of sulfone groups is 1. The molecule has 1 saturated heterocycles. The molecule has 8 nitrogen and oxygen atoms in total. The first kappa shape index (κ1) is 15.1. The van der Waals surface area contributed by atoms with Crippen molar-refractivity contribution in [2.75, 3.05) is 17.8 Å². The van der Waals surface area contributed by atoms with Crippen LogP contribution in [0.15, 0.2) is 0 Å². The Morgan fingerprint density at radius 2 is 1.83 bits per heavy atom. The fourth-order valence-corrected chi connectivity index (χ4v) is 4.21. The maximum atomic E-state index is 11.5. The number of nitrogens with one attached hydrogen (secondary N) is 2. The smallest absolute Gasteiger partial charge is 0.244 e. The Bertz CT molecular complexity index is 550. The van der Waals surface area contributed by atoms with Gasteiger partial charge in [0.05, 0.1) is 11.5 Å². The molecule has 18 heavy (non-hydrogen) atoms. The first-order chi connectivity index (χ1) is 8.09. The average Bonchev–Trinajstić information content (AvgIpc) is 2.19. The molecular weight excluding hydrogens is 284 g/mol. The molecule has 0 aromatic rings. The molecule has 0 aromatic carbocycles. The van der Waals surface area contributed by atoms with Crippen molar-refractivity contribution in [2.24, 2.45) is 0 Å². The van der Waals surface area contributed by atoms with Crippen molar-refractivity contribution in [3.8, 4) is 0 Å². The highest BCUT2D eigenvalue weighted by Crippen LogP contribution is 2.06. The molecule has 2 amide bonds. The Hall–Kier alpha value is -1.00. The molecule has 1 aliphatic heterocycles. The highest BCUT2D eigenvalue weighted by atomic mass is 32.2. The number of rotatable bonds is 5. The third-order valence-electron chi connectivity index (χ3n) is 2.28. The number of hydrogen-bond donors (Lipinski definition) is 2. The topological polar surface area (TPSA) is 126 Å². The van der Waals surface area contributed by atoms with Crippen LogP contribution in [-0.2, 0) is 29.4 Å². The van der Waals surface area contributed by atoms with E-state index < -0.39 is 49.2 Å². The molecule has 0 aliphatic carbocycles. The monoisotopic (exact) mass is 298 g/mol. The van der Waals surface area contributed by atoms with Crippen LogP contribution in [0.5, 0.6) is 0 Å². The number of piperidine rings is 1. The standard InChI is InChI=1S/C8H14N2O6S2/c1-17(13,14)4-5-18(15,16)10-6-2-3-7(11)9-8(6)12/h6,10H,2-5H2,1H3,(H,9,11,12). The lowest BCUT2D eigenvalue weighted by atomic mass is 10.1. The molecule has 0 saturated carbocycles. The Morgan fingerprint density at radius 3 is 2.33 bits per heavy atom. The molecule has 1 unspecified atom stereocenters. The van der Waals surface area contributed by atoms with Gasteiger partial charge in [0.2, 0.25) is 21.8 Å². The van der Waals surface area contributed by atoms with Gasteiger partial charge in [-0.1, -0.05) is 0 Å². The number of carbonyl (C=O) groups is 2. The minimum Gasteiger partial charge on any atom is -0.295 e. The van der Waals surface area contributed by atoms with Crippen LogP contribution in [0.25, 0.3) is 0 Å². The number of amides is 2. The molecule has 0 spiro atoms. The summed E-state index contributed by atoms with van der Waals surface area (Å²) in [5, 5.41) is 2.00. The number of hydrogen-bond acceptors (Lipinski definition) is 6. The minimum absolute atomic E-state index is 0.0466. The van der Waals surface area contributed by atoms with E-state index in [-0.39, 0.29) is 12.8 Å². The van der Waals surface area contributed by atoms with Crippen LogP contribution in [0.4, 0.5) is 0 Å². The van der Waals surface area contributed by atoms with Crippen molar-refractivity contribution >= 4 is 31.7 Å². The van der Waals surface area contributed by atoms with Crippen LogP contribution >= 0.6 is 0 Å². The zero-order valence-corrected chi connectivity index (χ0v) is 11.3. The fourth-order valence-electron chi connectivity index (χ4n) is 1.34. The summed E-state index contributed by atoms with van der Waals surface area (Å²) < 4.78 is 46.9. The number of carbonyl (C=O) groups excluding carboxylic acids is 2. The summed E-state index contributed by atoms with van der Waals surface area (Å²) in [4.78, 5) is 22.2. The Balaban J connectivity index is 2.61. The van der Waals surface area contributed by atoms with E-state index in [1.54, 1.807) is 0 Å². The van der Waals surface area contributed by atoms with Crippen LogP contribution in [0.1, 0.15) is 12.8 Å². The summed E-state index contributed by atoms with van der Waals surface area (Å²) in [6.45, 7) is 0. The van der Waals surface area contributed by atoms with Gasteiger partial charge >= 0.3 is 0 Å². The summed E-state index contributed by atoms with van der Waals surface area (Å²) in [7, 11) is -7.26. The number of sulfonamides is 1. The molecule has 1 rings (SSSR count). The lowest BCUT2D eigenvalue weighted by Gasteiger charge is -2.21. The zero-order chi connectivity index (χ0) is 14.0. The molecule has 1 atom stereocenters. The first-order valence-corrected chi connectivity index (χ1v) is 8.82. The largest absolute Gasteiger partial charge is 0.295 e. The molecule has 1 fully saturated rings. The fraction of sp³-hybridized carbons (Fsp3) is 0.750. The van der Waals surface area contributed by atoms with Gasteiger partial charge in [0.1, 0.15) is 15.9 Å². The molecule has 104 valence electrons. The zero-order valence-electron chi connectivity index (χ0n) is 9.67. The van der Waals surface area contributed by atoms with Crippen molar-refractivity contribution in [2.45, 2.75) is 18.9 Å². The van der Waals surface area contributed by atoms with Crippen molar-refractivity contribution in [1.29, 1.82) is 0 Å². The molecule has 2 N–H and O–H groups in total. The van der Waals surface area contributed by atoms with E-state index in [0.29, 0.717) is 0 Å². The molecule has 1 heterocycles. The van der Waals surface area contributed by atoms with E-state index in [4.69, 9.17) is 0 Å². The quantitative estimate of drug-likeness (QED) is 0.552. The van der Waals surface area contributed by atoms with Crippen molar-refractivity contribution < 1.29 is 26.4 Å². The van der Waals surface area contributed by atoms with E-state index in [1.807, 2.05) is 5.32 Å². The molecule has 0 radical (unpaired) electrons. The highest BCUT2D eigenvalue weighted by Gasteiger charge is 2.30. The van der Waals surface area contributed by atoms with Gasteiger partial charge in [0, 0.05) is 12.7 Å². The van der Waals surface area contributed by atoms with Gasteiger partial charge in [0.25, 0.3) is 0 Å². The third-order valence-corrected chi connectivity index (χ3v) is 4.87. The Labute approximate surface area is 105 Å². The lowest BCUT2D eigenvalue weighted by Crippen LogP contribution is -2.52. The van der Waals surface area contributed by atoms with Gasteiger partial charge in [-0.2, -0.15) is 0 Å². The molecule has 0 aromatic heterocycles. The van der Waals surface area contributed by atoms with Gasteiger partial charge in [-0.25, -0.2) is 21.6 Å². The second kappa shape index (κ2) is 5.33. The maximum Gasteiger partial charge on any atom is 0.244 e. The lowest BCUT2D eigenvalue weighted by molar-refractivity contribution is -0.134. The molecule has 0 bridgehead atoms. The van der Waals surface area contributed by atoms with Gasteiger partial charge in [-0.15, -0.1) is 0 Å². The first-order valence-electron chi connectivity index (χ1n) is 5.10. The van der Waals surface area contributed by atoms with Crippen LogP contribution < -0.4 is 10.0 Å². The predicted octanol–water partition coefficient (Wildman–Crippen LogP) is -2.24. The van der Waals surface area contributed by atoms with Crippen LogP contribution in [0.3, 0.4) is 0 Å². The van der Waals surface area contributed by atoms with E-state index in [0.717, 1.165) is 6.26 Å². The Morgan fingerprint density at radius 1 is 1.22 bits per heavy atom. The molecular formula is C8H14N2O6S2. The van der Waals surface area contributed by atoms with Gasteiger partial charge in [-0.3, -0.25) is 14.9 Å². The van der Waals surface area contributed by atoms with Crippen LogP contribution in [0.2, 0.25) is 0 Å². The predicted molar refractivity (Wildman–Crippen MR) is 62.8 cm³/mol. The minimum atomic E-state index is -3.87. The van der Waals surface area contributed by atoms with Gasteiger partial charge in [-0.05, 0) is 6.42 Å². The van der Waals surface area contributed by atoms with Gasteiger partial charge in [0.15, 0.2) is 0 Å². The van der Waals surface area contributed by atoms with Crippen molar-refractivity contribution in [3.63, 3.8) is 0 Å². The van der Waals surface area contributed by atoms with E-state index in [2.05, 4.69) is 4.72 Å². The Kier molecular flexibility index (Phi) is 4.46. The van der Waals surface area contributed by atoms with E-state index in [1.165, 1.54) is 0 Å². The van der Waals surface area contributed by atoms with Crippen LogP contribution in [0, 0.1) is 0 Å². The summed E-state index contributed by atoms with van der Waals surface area (Å²) in [6, 6.07) is -1.02. The van der Waals surface area contributed by atoms with Crippen molar-refractivity contribution in [1.82, 2.24) is 10.0 Å². The second-order valence-electron chi connectivity index (χ2n) is 4.07. The summed E-state index contributed by atoms with van der Waals surface area (Å²) in [6.07, 6.45) is 1.04. The maximum absolute atomic E-state index is 11.5. The summed E-state index contributed by atoms with van der Waals surface area (Å²) in [5.41, 5.74) is 0. The van der Waals surface area contributed by atoms with Gasteiger partial charge < -0.3 is 0 Å². The highest BCUT2D eigenvalue weighted by molar-refractivity contribution is 7.93. The summed E-state index contributed by atoms with van der Waals surface area (Å²) in [5.74, 6) is -2.29. The van der Waals surface area contributed by atoms with Crippen LogP contribution in [-0.4, -0.2) is 52.5 Å². The molecule has 10 heteroatoms. The summed E-state index contributed by atoms with van der Waals surface area (Å²) >= 11 is 0. The number of imide groups is 1. The second-order valence-corrected chi connectivity index (χ2v) is 8.20. The normalized spacial score (nSPS) is 21.7. The van der Waals surface area contributed by atoms with E-state index >= 15 is 0 Å². The third kappa shape index (κ3) is 5.10. The van der Waals surface area contributed by atoms with Crippen molar-refractivity contribution in [3.05, 3.63) is 0 Å². The average molecular weight is 298 g/mol.